The standard InChI is InChI=1S/C13H18N2O2/c16-12-5-9-14(10-6-12)11-13(17)15-7-3-1-2-4-8-15/h5-6,9-10H,1-4,7-8,11H2. The topological polar surface area (TPSA) is 42.3 Å². The second-order valence-electron chi connectivity index (χ2n) is 4.50. The molecule has 0 atom stereocenters. The van der Waals surface area contributed by atoms with E-state index < -0.39 is 0 Å². The van der Waals surface area contributed by atoms with E-state index >= 15 is 0 Å². The van der Waals surface area contributed by atoms with Crippen molar-refractivity contribution in [2.75, 3.05) is 13.1 Å². The molecule has 92 valence electrons. The molecule has 2 rings (SSSR count). The Bertz CT molecular complexity index is 411. The minimum atomic E-state index is -0.0246. The molecule has 4 nitrogen and oxygen atoms in total. The molecule has 0 N–H and O–H groups in total. The van der Waals surface area contributed by atoms with E-state index in [2.05, 4.69) is 0 Å². The first-order valence-corrected chi connectivity index (χ1v) is 6.19. The van der Waals surface area contributed by atoms with Crippen LogP contribution in [0.4, 0.5) is 0 Å². The predicted octanol–water partition coefficient (Wildman–Crippen LogP) is 1.25. The summed E-state index contributed by atoms with van der Waals surface area (Å²) in [6.45, 7) is 2.08. The summed E-state index contributed by atoms with van der Waals surface area (Å²) in [5, 5.41) is 0. The monoisotopic (exact) mass is 234 g/mol. The first-order valence-electron chi connectivity index (χ1n) is 6.19. The Morgan fingerprint density at radius 2 is 1.65 bits per heavy atom. The Morgan fingerprint density at radius 1 is 1.06 bits per heavy atom. The highest BCUT2D eigenvalue weighted by atomic mass is 16.2. The molecule has 1 aliphatic heterocycles. The molecule has 1 aliphatic rings. The molecule has 4 heteroatoms. The van der Waals surface area contributed by atoms with Gasteiger partial charge in [0.2, 0.25) is 5.91 Å². The van der Waals surface area contributed by atoms with Crippen LogP contribution in [0.5, 0.6) is 0 Å². The summed E-state index contributed by atoms with van der Waals surface area (Å²) in [7, 11) is 0. The van der Waals surface area contributed by atoms with E-state index in [9.17, 15) is 9.59 Å². The van der Waals surface area contributed by atoms with Gasteiger partial charge in [0.1, 0.15) is 6.54 Å². The van der Waals surface area contributed by atoms with Gasteiger partial charge in [-0.3, -0.25) is 9.59 Å². The number of likely N-dealkylation sites (tertiary alicyclic amines) is 1. The van der Waals surface area contributed by atoms with Gasteiger partial charge >= 0.3 is 0 Å². The zero-order chi connectivity index (χ0) is 12.1. The fourth-order valence-electron chi connectivity index (χ4n) is 2.13. The van der Waals surface area contributed by atoms with Crippen molar-refractivity contribution >= 4 is 5.91 Å². The highest BCUT2D eigenvalue weighted by Gasteiger charge is 2.14. The fourth-order valence-corrected chi connectivity index (χ4v) is 2.13. The lowest BCUT2D eigenvalue weighted by molar-refractivity contribution is -0.131. The quantitative estimate of drug-likeness (QED) is 0.773. The van der Waals surface area contributed by atoms with Gasteiger partial charge in [-0.15, -0.1) is 0 Å². The average Bonchev–Trinajstić information content (AvgIpc) is 2.61. The number of amides is 1. The van der Waals surface area contributed by atoms with E-state index in [1.54, 1.807) is 17.0 Å². The van der Waals surface area contributed by atoms with Crippen LogP contribution in [-0.4, -0.2) is 28.5 Å². The zero-order valence-electron chi connectivity index (χ0n) is 9.97. The summed E-state index contributed by atoms with van der Waals surface area (Å²) < 4.78 is 1.76. The van der Waals surface area contributed by atoms with Crippen LogP contribution in [0, 0.1) is 0 Å². The third-order valence-corrected chi connectivity index (χ3v) is 3.14. The van der Waals surface area contributed by atoms with Gasteiger partial charge in [0.25, 0.3) is 0 Å². The Hall–Kier alpha value is -1.58. The third kappa shape index (κ3) is 3.44. The lowest BCUT2D eigenvalue weighted by atomic mass is 10.2. The normalized spacial score (nSPS) is 16.6. The summed E-state index contributed by atoms with van der Waals surface area (Å²) in [5.74, 6) is 0.149. The molecule has 1 fully saturated rings. The number of hydrogen-bond donors (Lipinski definition) is 0. The largest absolute Gasteiger partial charge is 0.345 e. The van der Waals surface area contributed by atoms with Crippen molar-refractivity contribution in [3.8, 4) is 0 Å². The van der Waals surface area contributed by atoms with Gasteiger partial charge in [-0.1, -0.05) is 12.8 Å². The number of nitrogens with zero attached hydrogens (tertiary/aromatic N) is 2. The summed E-state index contributed by atoms with van der Waals surface area (Å²) >= 11 is 0. The molecule has 1 amide bonds. The van der Waals surface area contributed by atoms with E-state index in [1.807, 2.05) is 4.90 Å². The minimum absolute atomic E-state index is 0.0246. The molecule has 17 heavy (non-hydrogen) atoms. The molecule has 0 unspecified atom stereocenters. The van der Waals surface area contributed by atoms with Crippen LogP contribution in [0.15, 0.2) is 29.3 Å². The van der Waals surface area contributed by atoms with Gasteiger partial charge in [0.05, 0.1) is 0 Å². The van der Waals surface area contributed by atoms with Crippen LogP contribution in [0.2, 0.25) is 0 Å². The molecule has 0 aromatic carbocycles. The van der Waals surface area contributed by atoms with Gasteiger partial charge in [0.15, 0.2) is 5.43 Å². The summed E-state index contributed by atoms with van der Waals surface area (Å²) in [6, 6.07) is 2.96. The van der Waals surface area contributed by atoms with Crippen molar-refractivity contribution in [2.45, 2.75) is 32.2 Å². The number of carbonyl (C=O) groups is 1. The summed E-state index contributed by atoms with van der Waals surface area (Å²) in [6.07, 6.45) is 7.99. The maximum atomic E-state index is 12.0. The molecule has 1 aromatic rings. The minimum Gasteiger partial charge on any atom is -0.345 e. The Balaban J connectivity index is 1.95. The Labute approximate surface area is 101 Å². The molecule has 0 saturated carbocycles. The summed E-state index contributed by atoms with van der Waals surface area (Å²) in [4.78, 5) is 24.9. The molecular weight excluding hydrogens is 216 g/mol. The molecule has 1 saturated heterocycles. The van der Waals surface area contributed by atoms with Gasteiger partial charge in [-0.2, -0.15) is 0 Å². The predicted molar refractivity (Wildman–Crippen MR) is 65.8 cm³/mol. The van der Waals surface area contributed by atoms with Gasteiger partial charge in [-0.25, -0.2) is 0 Å². The van der Waals surface area contributed by atoms with Crippen molar-refractivity contribution in [2.24, 2.45) is 0 Å². The highest BCUT2D eigenvalue weighted by molar-refractivity contribution is 5.76. The molecular formula is C13H18N2O2. The van der Waals surface area contributed by atoms with E-state index in [-0.39, 0.29) is 11.3 Å². The van der Waals surface area contributed by atoms with Crippen molar-refractivity contribution < 1.29 is 4.79 Å². The number of carbonyl (C=O) groups excluding carboxylic acids is 1. The maximum absolute atomic E-state index is 12.0. The molecule has 2 heterocycles. The van der Waals surface area contributed by atoms with Crippen molar-refractivity contribution in [1.29, 1.82) is 0 Å². The molecule has 0 bridgehead atoms. The van der Waals surface area contributed by atoms with Crippen LogP contribution >= 0.6 is 0 Å². The zero-order valence-corrected chi connectivity index (χ0v) is 9.97. The van der Waals surface area contributed by atoms with Crippen LogP contribution in [0.3, 0.4) is 0 Å². The van der Waals surface area contributed by atoms with E-state index in [0.29, 0.717) is 6.54 Å². The molecule has 0 radical (unpaired) electrons. The fraction of sp³-hybridized carbons (Fsp3) is 0.538. The van der Waals surface area contributed by atoms with E-state index in [4.69, 9.17) is 0 Å². The van der Waals surface area contributed by atoms with Crippen molar-refractivity contribution in [3.05, 3.63) is 34.7 Å². The second-order valence-corrected chi connectivity index (χ2v) is 4.50. The smallest absolute Gasteiger partial charge is 0.242 e. The molecule has 0 spiro atoms. The Morgan fingerprint density at radius 3 is 2.24 bits per heavy atom. The van der Waals surface area contributed by atoms with Crippen LogP contribution < -0.4 is 5.43 Å². The first-order chi connectivity index (χ1) is 8.25. The Kier molecular flexibility index (Phi) is 3.96. The molecule has 0 aliphatic carbocycles. The maximum Gasteiger partial charge on any atom is 0.242 e. The van der Waals surface area contributed by atoms with Crippen molar-refractivity contribution in [1.82, 2.24) is 9.47 Å². The number of hydrogen-bond acceptors (Lipinski definition) is 2. The van der Waals surface area contributed by atoms with Crippen LogP contribution in [0.1, 0.15) is 25.7 Å². The third-order valence-electron chi connectivity index (χ3n) is 3.14. The molecule has 1 aromatic heterocycles. The van der Waals surface area contributed by atoms with Gasteiger partial charge in [-0.05, 0) is 12.8 Å². The number of pyridine rings is 1. The van der Waals surface area contributed by atoms with E-state index in [1.165, 1.54) is 25.0 Å². The van der Waals surface area contributed by atoms with Crippen LogP contribution in [-0.2, 0) is 11.3 Å². The van der Waals surface area contributed by atoms with Gasteiger partial charge < -0.3 is 9.47 Å². The highest BCUT2D eigenvalue weighted by Crippen LogP contribution is 2.10. The van der Waals surface area contributed by atoms with Crippen molar-refractivity contribution in [3.63, 3.8) is 0 Å². The van der Waals surface area contributed by atoms with Crippen LogP contribution in [0.25, 0.3) is 0 Å². The van der Waals surface area contributed by atoms with Gasteiger partial charge in [0, 0.05) is 37.6 Å². The second kappa shape index (κ2) is 5.66. The lowest BCUT2D eigenvalue weighted by Crippen LogP contribution is -2.34. The van der Waals surface area contributed by atoms with E-state index in [0.717, 1.165) is 25.9 Å². The average molecular weight is 234 g/mol. The SMILES string of the molecule is O=C(Cn1ccc(=O)cc1)N1CCCCCC1. The lowest BCUT2D eigenvalue weighted by Gasteiger charge is -2.20. The summed E-state index contributed by atoms with van der Waals surface area (Å²) in [5.41, 5.74) is -0.0246. The number of rotatable bonds is 2. The first kappa shape index (κ1) is 11.9. The number of aromatic nitrogens is 1.